The smallest absolute Gasteiger partial charge is 0.375 e. The number of carboxylic acids is 1. The fourth-order valence-corrected chi connectivity index (χ4v) is 1.74. The van der Waals surface area contributed by atoms with Crippen molar-refractivity contribution in [1.82, 2.24) is 0 Å². The minimum atomic E-state index is -1.30. The summed E-state index contributed by atoms with van der Waals surface area (Å²) in [4.78, 5) is 14.2. The van der Waals surface area contributed by atoms with E-state index in [2.05, 4.69) is 17.9 Å². The first kappa shape index (κ1) is 18.4. The number of allylic oxidation sites excluding steroid dienone is 5. The monoisotopic (exact) mass is 282 g/mol. The van der Waals surface area contributed by atoms with Crippen LogP contribution in [-0.4, -0.2) is 16.3 Å². The topological polar surface area (TPSA) is 66.8 Å². The molecule has 0 saturated carbocycles. The van der Waals surface area contributed by atoms with Crippen molar-refractivity contribution in [2.45, 2.75) is 58.3 Å². The summed E-state index contributed by atoms with van der Waals surface area (Å²) in [6.07, 6.45) is 18.4. The molecule has 20 heavy (non-hydrogen) atoms. The Morgan fingerprint density at radius 3 is 2.25 bits per heavy atom. The minimum Gasteiger partial charge on any atom is -0.475 e. The Balaban J connectivity index is 3.59. The maximum absolute atomic E-state index is 10.5. The van der Waals surface area contributed by atoms with Gasteiger partial charge in [0.1, 0.15) is 0 Å². The molecule has 0 atom stereocenters. The van der Waals surface area contributed by atoms with Gasteiger partial charge in [-0.1, -0.05) is 69.8 Å². The Morgan fingerprint density at radius 1 is 1.00 bits per heavy atom. The van der Waals surface area contributed by atoms with Gasteiger partial charge in [-0.25, -0.2) is 10.1 Å². The van der Waals surface area contributed by atoms with E-state index >= 15 is 0 Å². The van der Waals surface area contributed by atoms with E-state index in [0.717, 1.165) is 6.42 Å². The highest BCUT2D eigenvalue weighted by molar-refractivity contribution is 5.84. The van der Waals surface area contributed by atoms with Gasteiger partial charge in [0, 0.05) is 0 Å². The second-order valence-electron chi connectivity index (χ2n) is 4.65. The van der Waals surface area contributed by atoms with Crippen molar-refractivity contribution >= 4 is 5.97 Å². The first-order valence-corrected chi connectivity index (χ1v) is 7.30. The van der Waals surface area contributed by atoms with Crippen molar-refractivity contribution in [3.63, 3.8) is 0 Å². The molecule has 0 aliphatic heterocycles. The summed E-state index contributed by atoms with van der Waals surface area (Å²) >= 11 is 0. The molecule has 114 valence electrons. The summed E-state index contributed by atoms with van der Waals surface area (Å²) in [6.45, 7) is 2.22. The fourth-order valence-electron chi connectivity index (χ4n) is 1.74. The van der Waals surface area contributed by atoms with Gasteiger partial charge in [0.05, 0.1) is 0 Å². The molecule has 0 saturated heterocycles. The maximum Gasteiger partial charge on any atom is 0.375 e. The van der Waals surface area contributed by atoms with Crippen LogP contribution in [0.15, 0.2) is 36.1 Å². The van der Waals surface area contributed by atoms with Crippen molar-refractivity contribution in [2.75, 3.05) is 0 Å². The van der Waals surface area contributed by atoms with Crippen molar-refractivity contribution in [3.8, 4) is 0 Å². The number of rotatable bonds is 12. The molecule has 0 bridgehead atoms. The summed E-state index contributed by atoms with van der Waals surface area (Å²) in [7, 11) is 0. The van der Waals surface area contributed by atoms with E-state index in [0.29, 0.717) is 0 Å². The van der Waals surface area contributed by atoms with E-state index in [4.69, 9.17) is 10.4 Å². The molecule has 0 heterocycles. The van der Waals surface area contributed by atoms with Gasteiger partial charge in [-0.3, -0.25) is 0 Å². The molecule has 0 aromatic rings. The molecule has 0 radical (unpaired) electrons. The van der Waals surface area contributed by atoms with Crippen LogP contribution >= 0.6 is 0 Å². The quantitative estimate of drug-likeness (QED) is 0.136. The van der Waals surface area contributed by atoms with Crippen LogP contribution in [0.25, 0.3) is 0 Å². The lowest BCUT2D eigenvalue weighted by Crippen LogP contribution is -2.01. The standard InChI is InChI=1S/C16H26O4/c1-2-3-4-5-6-7-8-9-10-11-12-13-14-15(20-19)16(17)18/h10-14,19H,2-9H2,1H3,(H,17,18). The zero-order valence-electron chi connectivity index (χ0n) is 12.3. The first-order valence-electron chi connectivity index (χ1n) is 7.30. The molecule has 0 spiro atoms. The lowest BCUT2D eigenvalue weighted by Gasteiger charge is -1.98. The van der Waals surface area contributed by atoms with Crippen LogP contribution in [0.4, 0.5) is 0 Å². The van der Waals surface area contributed by atoms with E-state index in [1.807, 2.05) is 6.08 Å². The van der Waals surface area contributed by atoms with Gasteiger partial charge in [0.15, 0.2) is 0 Å². The second kappa shape index (κ2) is 13.9. The van der Waals surface area contributed by atoms with E-state index in [9.17, 15) is 4.79 Å². The molecule has 0 fully saturated rings. The van der Waals surface area contributed by atoms with Gasteiger partial charge in [0.25, 0.3) is 0 Å². The van der Waals surface area contributed by atoms with Gasteiger partial charge in [-0.2, -0.15) is 0 Å². The van der Waals surface area contributed by atoms with Crippen LogP contribution < -0.4 is 0 Å². The minimum absolute atomic E-state index is 0.498. The highest BCUT2D eigenvalue weighted by Gasteiger charge is 2.05. The van der Waals surface area contributed by atoms with E-state index in [-0.39, 0.29) is 0 Å². The number of carboxylic acid groups (broad SMARTS) is 1. The zero-order valence-corrected chi connectivity index (χ0v) is 12.3. The van der Waals surface area contributed by atoms with Crippen LogP contribution in [0.3, 0.4) is 0 Å². The fraction of sp³-hybridized carbons (Fsp3) is 0.562. The number of hydrogen-bond acceptors (Lipinski definition) is 3. The molecular weight excluding hydrogens is 256 g/mol. The van der Waals surface area contributed by atoms with Gasteiger partial charge in [-0.05, 0) is 18.9 Å². The average molecular weight is 282 g/mol. The Morgan fingerprint density at radius 2 is 1.65 bits per heavy atom. The molecular formula is C16H26O4. The molecule has 0 unspecified atom stereocenters. The molecule has 0 amide bonds. The predicted molar refractivity (Wildman–Crippen MR) is 80.3 cm³/mol. The Bertz CT molecular complexity index is 329. The van der Waals surface area contributed by atoms with Crippen molar-refractivity contribution < 1.29 is 20.0 Å². The molecule has 0 aromatic heterocycles. The van der Waals surface area contributed by atoms with Crippen LogP contribution in [0.1, 0.15) is 58.3 Å². The van der Waals surface area contributed by atoms with Crippen LogP contribution in [0, 0.1) is 0 Å². The molecule has 0 aliphatic rings. The van der Waals surface area contributed by atoms with E-state index in [1.54, 1.807) is 6.08 Å². The van der Waals surface area contributed by atoms with Crippen molar-refractivity contribution in [3.05, 3.63) is 36.1 Å². The highest BCUT2D eigenvalue weighted by Crippen LogP contribution is 2.08. The first-order chi connectivity index (χ1) is 9.72. The molecule has 4 nitrogen and oxygen atoms in total. The van der Waals surface area contributed by atoms with E-state index < -0.39 is 11.7 Å². The zero-order chi connectivity index (χ0) is 15.1. The Hall–Kier alpha value is -1.55. The van der Waals surface area contributed by atoms with Gasteiger partial charge in [-0.15, -0.1) is 0 Å². The van der Waals surface area contributed by atoms with Crippen LogP contribution in [0.2, 0.25) is 0 Å². The third-order valence-electron chi connectivity index (χ3n) is 2.89. The second-order valence-corrected chi connectivity index (χ2v) is 4.65. The summed E-state index contributed by atoms with van der Waals surface area (Å²) in [5, 5.41) is 16.8. The predicted octanol–water partition coefficient (Wildman–Crippen LogP) is 4.70. The largest absolute Gasteiger partial charge is 0.475 e. The third kappa shape index (κ3) is 11.5. The molecule has 0 rings (SSSR count). The van der Waals surface area contributed by atoms with Gasteiger partial charge < -0.3 is 9.99 Å². The average Bonchev–Trinajstić information content (AvgIpc) is 2.43. The summed E-state index contributed by atoms with van der Waals surface area (Å²) in [6, 6.07) is 0. The summed E-state index contributed by atoms with van der Waals surface area (Å²) in [5.74, 6) is -1.80. The number of unbranched alkanes of at least 4 members (excludes halogenated alkanes) is 7. The lowest BCUT2D eigenvalue weighted by atomic mass is 10.1. The summed E-state index contributed by atoms with van der Waals surface area (Å²) < 4.78 is 0. The van der Waals surface area contributed by atoms with Crippen molar-refractivity contribution in [1.29, 1.82) is 0 Å². The van der Waals surface area contributed by atoms with Crippen LogP contribution in [0.5, 0.6) is 0 Å². The Labute approximate surface area is 121 Å². The molecule has 2 N–H and O–H groups in total. The number of hydrogen-bond donors (Lipinski definition) is 2. The normalized spacial score (nSPS) is 12.4. The van der Waals surface area contributed by atoms with Gasteiger partial charge in [0.2, 0.25) is 5.76 Å². The van der Waals surface area contributed by atoms with Gasteiger partial charge >= 0.3 is 5.97 Å². The number of aliphatic carboxylic acids is 1. The highest BCUT2D eigenvalue weighted by atomic mass is 17.1. The number of carbonyl (C=O) groups is 1. The summed E-state index contributed by atoms with van der Waals surface area (Å²) in [5.41, 5.74) is 0. The van der Waals surface area contributed by atoms with Crippen molar-refractivity contribution in [2.24, 2.45) is 0 Å². The lowest BCUT2D eigenvalue weighted by molar-refractivity contribution is -0.210. The molecule has 4 heteroatoms. The van der Waals surface area contributed by atoms with E-state index in [1.165, 1.54) is 57.1 Å². The third-order valence-corrected chi connectivity index (χ3v) is 2.89. The SMILES string of the molecule is CCCCCCCCCC=CC=CC=C(OO)C(=O)O. The molecule has 0 aliphatic carbocycles. The van der Waals surface area contributed by atoms with Crippen LogP contribution in [-0.2, 0) is 9.68 Å². The Kier molecular flexibility index (Phi) is 12.8. The maximum atomic E-state index is 10.5. The molecule has 0 aromatic carbocycles.